The lowest BCUT2D eigenvalue weighted by atomic mass is 9.94. The van der Waals surface area contributed by atoms with Crippen LogP contribution in [0.5, 0.6) is 0 Å². The highest BCUT2D eigenvalue weighted by Gasteiger charge is 2.33. The monoisotopic (exact) mass is 373 g/mol. The van der Waals surface area contributed by atoms with Crippen molar-refractivity contribution < 1.29 is 4.79 Å². The van der Waals surface area contributed by atoms with Crippen molar-refractivity contribution in [3.05, 3.63) is 41.1 Å². The molecule has 0 saturated carbocycles. The molecule has 0 spiro atoms. The number of hydrogen-bond acceptors (Lipinski definition) is 5. The molecule has 0 aliphatic carbocycles. The van der Waals surface area contributed by atoms with Crippen LogP contribution in [0.1, 0.15) is 36.6 Å². The Bertz CT molecular complexity index is 793. The molecule has 2 heterocycles. The minimum absolute atomic E-state index is 0.0223. The van der Waals surface area contributed by atoms with Crippen LogP contribution in [0.2, 0.25) is 0 Å². The number of fused-ring (bicyclic) bond motifs is 1. The smallest absolute Gasteiger partial charge is 0.242 e. The molecule has 0 saturated heterocycles. The third-order valence-electron chi connectivity index (χ3n) is 4.90. The summed E-state index contributed by atoms with van der Waals surface area (Å²) in [5.74, 6) is 0.0845. The Morgan fingerprint density at radius 3 is 2.58 bits per heavy atom. The van der Waals surface area contributed by atoms with Gasteiger partial charge in [-0.25, -0.2) is 4.98 Å². The van der Waals surface area contributed by atoms with Crippen LogP contribution in [0.15, 0.2) is 24.3 Å². The number of rotatable bonds is 5. The van der Waals surface area contributed by atoms with Gasteiger partial charge in [0.15, 0.2) is 5.82 Å². The number of anilines is 3. The van der Waals surface area contributed by atoms with Crippen LogP contribution in [0.25, 0.3) is 0 Å². The van der Waals surface area contributed by atoms with Gasteiger partial charge in [-0.05, 0) is 43.2 Å². The lowest BCUT2D eigenvalue weighted by Gasteiger charge is -2.37. The van der Waals surface area contributed by atoms with Crippen molar-refractivity contribution in [2.24, 2.45) is 0 Å². The molecule has 1 amide bonds. The van der Waals surface area contributed by atoms with Crippen LogP contribution in [0.3, 0.4) is 0 Å². The minimum atomic E-state index is -0.181. The molecule has 0 fully saturated rings. The first kappa shape index (κ1) is 18.5. The zero-order valence-electron chi connectivity index (χ0n) is 14.9. The normalized spacial score (nSPS) is 16.4. The number of halogens is 1. The number of aromatic nitrogens is 2. The summed E-state index contributed by atoms with van der Waals surface area (Å²) < 4.78 is 0. The molecule has 6 nitrogen and oxygen atoms in total. The SMILES string of the molecule is CCc1ccc(CCC2CCc3nc(N)nc(N)c3N2C(=O)CCl)cc1. The van der Waals surface area contributed by atoms with E-state index in [4.69, 9.17) is 23.1 Å². The highest BCUT2D eigenvalue weighted by molar-refractivity contribution is 6.29. The summed E-state index contributed by atoms with van der Waals surface area (Å²) in [6, 6.07) is 8.64. The van der Waals surface area contributed by atoms with E-state index >= 15 is 0 Å². The number of nitrogen functional groups attached to an aromatic ring is 2. The Morgan fingerprint density at radius 2 is 1.92 bits per heavy atom. The summed E-state index contributed by atoms with van der Waals surface area (Å²) in [6.45, 7) is 2.14. The van der Waals surface area contributed by atoms with Crippen LogP contribution < -0.4 is 16.4 Å². The van der Waals surface area contributed by atoms with E-state index < -0.39 is 0 Å². The summed E-state index contributed by atoms with van der Waals surface area (Å²) in [5.41, 5.74) is 15.6. The number of amides is 1. The molecular weight excluding hydrogens is 350 g/mol. The summed E-state index contributed by atoms with van der Waals surface area (Å²) in [6.07, 6.45) is 4.26. The number of benzene rings is 1. The van der Waals surface area contributed by atoms with Gasteiger partial charge in [0.1, 0.15) is 11.6 Å². The number of carbonyl (C=O) groups is 1. The van der Waals surface area contributed by atoms with E-state index in [-0.39, 0.29) is 29.6 Å². The molecule has 0 bridgehead atoms. The first-order valence-corrected chi connectivity index (χ1v) is 9.44. The molecule has 1 aromatic heterocycles. The molecule has 0 radical (unpaired) electrons. The van der Waals surface area contributed by atoms with Gasteiger partial charge in [0.25, 0.3) is 0 Å². The molecular formula is C19H24ClN5O. The Labute approximate surface area is 158 Å². The van der Waals surface area contributed by atoms with Crippen molar-refractivity contribution in [3.8, 4) is 0 Å². The Balaban J connectivity index is 1.82. The largest absolute Gasteiger partial charge is 0.382 e. The first-order valence-electron chi connectivity index (χ1n) is 8.91. The predicted octanol–water partition coefficient (Wildman–Crippen LogP) is 2.72. The summed E-state index contributed by atoms with van der Waals surface area (Å²) in [7, 11) is 0. The molecule has 138 valence electrons. The van der Waals surface area contributed by atoms with Crippen LogP contribution in [-0.2, 0) is 24.1 Å². The van der Waals surface area contributed by atoms with E-state index in [9.17, 15) is 4.79 Å². The van der Waals surface area contributed by atoms with Crippen LogP contribution in [0.4, 0.5) is 17.5 Å². The van der Waals surface area contributed by atoms with Gasteiger partial charge in [-0.3, -0.25) is 4.79 Å². The average Bonchev–Trinajstić information content (AvgIpc) is 2.65. The lowest BCUT2D eigenvalue weighted by molar-refractivity contribution is -0.116. The van der Waals surface area contributed by atoms with E-state index in [1.54, 1.807) is 4.90 Å². The third-order valence-corrected chi connectivity index (χ3v) is 5.13. The zero-order valence-corrected chi connectivity index (χ0v) is 15.7. The van der Waals surface area contributed by atoms with E-state index in [2.05, 4.69) is 41.2 Å². The summed E-state index contributed by atoms with van der Waals surface area (Å²) >= 11 is 5.85. The first-order chi connectivity index (χ1) is 12.5. The van der Waals surface area contributed by atoms with E-state index in [0.717, 1.165) is 37.8 Å². The fraction of sp³-hybridized carbons (Fsp3) is 0.421. The second-order valence-electron chi connectivity index (χ2n) is 6.56. The van der Waals surface area contributed by atoms with Crippen molar-refractivity contribution in [2.45, 2.75) is 45.1 Å². The topological polar surface area (TPSA) is 98.1 Å². The number of carbonyl (C=O) groups excluding carboxylic acids is 1. The van der Waals surface area contributed by atoms with Gasteiger partial charge in [-0.15, -0.1) is 11.6 Å². The summed E-state index contributed by atoms with van der Waals surface area (Å²) in [5, 5.41) is 0. The molecule has 7 heteroatoms. The van der Waals surface area contributed by atoms with Gasteiger partial charge in [0, 0.05) is 6.04 Å². The second kappa shape index (κ2) is 7.91. The maximum atomic E-state index is 12.5. The van der Waals surface area contributed by atoms with E-state index in [0.29, 0.717) is 5.69 Å². The highest BCUT2D eigenvalue weighted by Crippen LogP contribution is 2.35. The molecule has 2 aromatic rings. The average molecular weight is 374 g/mol. The number of hydrogen-bond donors (Lipinski definition) is 2. The fourth-order valence-electron chi connectivity index (χ4n) is 3.53. The maximum absolute atomic E-state index is 12.5. The lowest BCUT2D eigenvalue weighted by Crippen LogP contribution is -2.45. The highest BCUT2D eigenvalue weighted by atomic mass is 35.5. The van der Waals surface area contributed by atoms with Gasteiger partial charge < -0.3 is 16.4 Å². The minimum Gasteiger partial charge on any atom is -0.382 e. The molecule has 3 rings (SSSR count). The summed E-state index contributed by atoms with van der Waals surface area (Å²) in [4.78, 5) is 22.5. The number of aryl methyl sites for hydroxylation is 3. The Kier molecular flexibility index (Phi) is 5.61. The third kappa shape index (κ3) is 3.75. The molecule has 26 heavy (non-hydrogen) atoms. The molecule has 1 aliphatic heterocycles. The Hall–Kier alpha value is -2.34. The van der Waals surface area contributed by atoms with Gasteiger partial charge in [0.2, 0.25) is 11.9 Å². The van der Waals surface area contributed by atoms with E-state index in [1.165, 1.54) is 11.1 Å². The van der Waals surface area contributed by atoms with Crippen LogP contribution in [-0.4, -0.2) is 27.8 Å². The van der Waals surface area contributed by atoms with Crippen LogP contribution >= 0.6 is 11.6 Å². The van der Waals surface area contributed by atoms with Gasteiger partial charge in [-0.2, -0.15) is 4.98 Å². The number of alkyl halides is 1. The quantitative estimate of drug-likeness (QED) is 0.785. The van der Waals surface area contributed by atoms with Crippen molar-refractivity contribution in [1.82, 2.24) is 9.97 Å². The number of nitrogens with zero attached hydrogens (tertiary/aromatic N) is 3. The van der Waals surface area contributed by atoms with Crippen molar-refractivity contribution in [2.75, 3.05) is 22.2 Å². The van der Waals surface area contributed by atoms with Gasteiger partial charge in [-0.1, -0.05) is 31.2 Å². The molecule has 1 aliphatic rings. The Morgan fingerprint density at radius 1 is 1.23 bits per heavy atom. The van der Waals surface area contributed by atoms with Crippen molar-refractivity contribution in [3.63, 3.8) is 0 Å². The van der Waals surface area contributed by atoms with Crippen LogP contribution in [0, 0.1) is 0 Å². The molecule has 1 unspecified atom stereocenters. The van der Waals surface area contributed by atoms with E-state index in [1.807, 2.05) is 0 Å². The molecule has 1 aromatic carbocycles. The zero-order chi connectivity index (χ0) is 18.7. The van der Waals surface area contributed by atoms with Crippen molar-refractivity contribution >= 4 is 35.0 Å². The molecule has 1 atom stereocenters. The number of nitrogens with two attached hydrogens (primary N) is 2. The van der Waals surface area contributed by atoms with Crippen molar-refractivity contribution in [1.29, 1.82) is 0 Å². The fourth-order valence-corrected chi connectivity index (χ4v) is 3.66. The maximum Gasteiger partial charge on any atom is 0.242 e. The predicted molar refractivity (Wildman–Crippen MR) is 105 cm³/mol. The van der Waals surface area contributed by atoms with Gasteiger partial charge in [0.05, 0.1) is 5.69 Å². The van der Waals surface area contributed by atoms with Gasteiger partial charge >= 0.3 is 0 Å². The second-order valence-corrected chi connectivity index (χ2v) is 6.83. The molecule has 4 N–H and O–H groups in total. The standard InChI is InChI=1S/C19H24ClN5O/c1-2-12-3-5-13(6-4-12)7-8-14-9-10-15-17(25(14)16(26)11-20)18(21)24-19(22)23-15/h3-6,14H,2,7-11H2,1H3,(H4,21,22,23,24).